The number of rotatable bonds is 6. The van der Waals surface area contributed by atoms with Gasteiger partial charge in [0.05, 0.1) is 0 Å². The fraction of sp³-hybridized carbons (Fsp3) is 1.00. The number of nitrogens with zero attached hydrogens (tertiary/aromatic N) is 1. The summed E-state index contributed by atoms with van der Waals surface area (Å²) in [6.45, 7) is 6.42. The maximum absolute atomic E-state index is 11.5. The zero-order chi connectivity index (χ0) is 12.9. The highest BCUT2D eigenvalue weighted by molar-refractivity contribution is 7.87. The van der Waals surface area contributed by atoms with Gasteiger partial charge in [-0.15, -0.1) is 0 Å². The van der Waals surface area contributed by atoms with Gasteiger partial charge in [0.25, 0.3) is 10.2 Å². The third kappa shape index (κ3) is 6.35. The Bertz CT molecular complexity index is 309. The summed E-state index contributed by atoms with van der Waals surface area (Å²) in [6, 6.07) is -0.0594. The molecule has 0 atom stereocenters. The first-order chi connectivity index (χ1) is 7.89. The van der Waals surface area contributed by atoms with E-state index < -0.39 is 10.2 Å². The van der Waals surface area contributed by atoms with Gasteiger partial charge in [-0.2, -0.15) is 13.1 Å². The molecule has 0 amide bonds. The van der Waals surface area contributed by atoms with E-state index in [1.807, 2.05) is 13.8 Å². The molecule has 2 N–H and O–H groups in total. The third-order valence-corrected chi connectivity index (χ3v) is 4.44. The van der Waals surface area contributed by atoms with Gasteiger partial charge in [0.2, 0.25) is 0 Å². The maximum atomic E-state index is 11.5. The molecule has 1 heterocycles. The number of nitrogens with one attached hydrogen (secondary N) is 2. The summed E-state index contributed by atoms with van der Waals surface area (Å²) in [5.41, 5.74) is 0. The zero-order valence-electron chi connectivity index (χ0n) is 11.1. The summed E-state index contributed by atoms with van der Waals surface area (Å²) in [5.74, 6) is 0.660. The van der Waals surface area contributed by atoms with Crippen LogP contribution in [0.15, 0.2) is 0 Å². The van der Waals surface area contributed by atoms with Crippen molar-refractivity contribution in [3.63, 3.8) is 0 Å². The second kappa shape index (κ2) is 6.68. The van der Waals surface area contributed by atoms with Gasteiger partial charge in [-0.25, -0.2) is 4.72 Å². The lowest BCUT2D eigenvalue weighted by Gasteiger charge is -2.28. The highest BCUT2D eigenvalue weighted by Crippen LogP contribution is 2.18. The molecule has 1 aliphatic heterocycles. The predicted molar refractivity (Wildman–Crippen MR) is 70.0 cm³/mol. The van der Waals surface area contributed by atoms with Gasteiger partial charge in [0.1, 0.15) is 0 Å². The Morgan fingerprint density at radius 2 is 1.88 bits per heavy atom. The molecule has 0 aromatic carbocycles. The van der Waals surface area contributed by atoms with E-state index in [0.717, 1.165) is 19.5 Å². The molecule has 0 saturated carbocycles. The van der Waals surface area contributed by atoms with E-state index in [2.05, 4.69) is 21.4 Å². The van der Waals surface area contributed by atoms with Gasteiger partial charge in [-0.1, -0.05) is 0 Å². The molecular weight excluding hydrogens is 238 g/mol. The number of hydrogen-bond acceptors (Lipinski definition) is 3. The second-order valence-electron chi connectivity index (χ2n) is 5.21. The summed E-state index contributed by atoms with van der Waals surface area (Å²) in [4.78, 5) is 2.32. The molecule has 102 valence electrons. The van der Waals surface area contributed by atoms with Gasteiger partial charge < -0.3 is 4.90 Å². The van der Waals surface area contributed by atoms with E-state index in [1.165, 1.54) is 12.8 Å². The van der Waals surface area contributed by atoms with E-state index in [4.69, 9.17) is 0 Å². The van der Waals surface area contributed by atoms with Crippen molar-refractivity contribution in [1.29, 1.82) is 0 Å². The Morgan fingerprint density at radius 3 is 2.41 bits per heavy atom. The SMILES string of the molecule is CC(C)NS(=O)(=O)NCCC1CCN(C)CC1. The summed E-state index contributed by atoms with van der Waals surface area (Å²) in [5, 5.41) is 0. The van der Waals surface area contributed by atoms with Crippen LogP contribution in [0, 0.1) is 5.92 Å². The smallest absolute Gasteiger partial charge is 0.277 e. The van der Waals surface area contributed by atoms with E-state index in [1.54, 1.807) is 0 Å². The number of piperidine rings is 1. The molecule has 0 unspecified atom stereocenters. The summed E-state index contributed by atoms with van der Waals surface area (Å²) >= 11 is 0. The highest BCUT2D eigenvalue weighted by atomic mass is 32.2. The van der Waals surface area contributed by atoms with Crippen molar-refractivity contribution in [3.8, 4) is 0 Å². The minimum atomic E-state index is -3.30. The van der Waals surface area contributed by atoms with Gasteiger partial charge in [-0.05, 0) is 59.2 Å². The maximum Gasteiger partial charge on any atom is 0.277 e. The monoisotopic (exact) mass is 263 g/mol. The molecule has 0 spiro atoms. The molecule has 0 aliphatic carbocycles. The van der Waals surface area contributed by atoms with Crippen LogP contribution in [0.3, 0.4) is 0 Å². The van der Waals surface area contributed by atoms with Crippen molar-refractivity contribution in [2.45, 2.75) is 39.2 Å². The Morgan fingerprint density at radius 1 is 1.29 bits per heavy atom. The highest BCUT2D eigenvalue weighted by Gasteiger charge is 2.17. The minimum Gasteiger partial charge on any atom is -0.306 e. The molecule has 0 radical (unpaired) electrons. The van der Waals surface area contributed by atoms with Crippen LogP contribution in [-0.4, -0.2) is 46.0 Å². The Balaban J connectivity index is 2.19. The molecule has 5 nitrogen and oxygen atoms in total. The molecular formula is C11H25N3O2S. The lowest BCUT2D eigenvalue weighted by molar-refractivity contribution is 0.213. The molecule has 1 fully saturated rings. The predicted octanol–water partition coefficient (Wildman–Crippen LogP) is 0.551. The minimum absolute atomic E-state index is 0.0594. The van der Waals surface area contributed by atoms with Crippen molar-refractivity contribution < 1.29 is 8.42 Å². The van der Waals surface area contributed by atoms with Gasteiger partial charge in [-0.3, -0.25) is 0 Å². The van der Waals surface area contributed by atoms with Crippen molar-refractivity contribution >= 4 is 10.2 Å². The first kappa shape index (κ1) is 14.9. The molecule has 1 aliphatic rings. The fourth-order valence-corrected chi connectivity index (χ4v) is 3.19. The summed E-state index contributed by atoms with van der Waals surface area (Å²) < 4.78 is 28.1. The molecule has 0 bridgehead atoms. The summed E-state index contributed by atoms with van der Waals surface area (Å²) in [7, 11) is -1.17. The molecule has 1 rings (SSSR count). The average molecular weight is 263 g/mol. The van der Waals surface area contributed by atoms with E-state index >= 15 is 0 Å². The summed E-state index contributed by atoms with van der Waals surface area (Å²) in [6.07, 6.45) is 3.29. The molecule has 6 heteroatoms. The van der Waals surface area contributed by atoms with Gasteiger partial charge in [0, 0.05) is 12.6 Å². The number of likely N-dealkylation sites (tertiary alicyclic amines) is 1. The van der Waals surface area contributed by atoms with E-state index in [0.29, 0.717) is 12.5 Å². The Hall–Kier alpha value is -0.170. The molecule has 17 heavy (non-hydrogen) atoms. The van der Waals surface area contributed by atoms with Crippen LogP contribution < -0.4 is 9.44 Å². The first-order valence-electron chi connectivity index (χ1n) is 6.34. The van der Waals surface area contributed by atoms with E-state index in [9.17, 15) is 8.42 Å². The van der Waals surface area contributed by atoms with Crippen molar-refractivity contribution in [3.05, 3.63) is 0 Å². The van der Waals surface area contributed by atoms with Crippen LogP contribution in [0.2, 0.25) is 0 Å². The van der Waals surface area contributed by atoms with Crippen LogP contribution in [0.5, 0.6) is 0 Å². The lowest BCUT2D eigenvalue weighted by Crippen LogP contribution is -2.41. The quantitative estimate of drug-likeness (QED) is 0.736. The standard InChI is InChI=1S/C11H25N3O2S/c1-10(2)13-17(15,16)12-7-4-11-5-8-14(3)9-6-11/h10-13H,4-9H2,1-3H3. The van der Waals surface area contributed by atoms with Crippen molar-refractivity contribution in [1.82, 2.24) is 14.3 Å². The van der Waals surface area contributed by atoms with E-state index in [-0.39, 0.29) is 6.04 Å². The van der Waals surface area contributed by atoms with Crippen LogP contribution in [-0.2, 0) is 10.2 Å². The Kier molecular flexibility index (Phi) is 5.85. The first-order valence-corrected chi connectivity index (χ1v) is 7.83. The largest absolute Gasteiger partial charge is 0.306 e. The van der Waals surface area contributed by atoms with Crippen LogP contribution >= 0.6 is 0 Å². The van der Waals surface area contributed by atoms with Crippen LogP contribution in [0.1, 0.15) is 33.1 Å². The second-order valence-corrected chi connectivity index (χ2v) is 6.74. The van der Waals surface area contributed by atoms with Gasteiger partial charge >= 0.3 is 0 Å². The third-order valence-electron chi connectivity index (χ3n) is 3.07. The van der Waals surface area contributed by atoms with Crippen molar-refractivity contribution in [2.24, 2.45) is 5.92 Å². The average Bonchev–Trinajstić information content (AvgIpc) is 2.18. The van der Waals surface area contributed by atoms with Crippen LogP contribution in [0.4, 0.5) is 0 Å². The number of hydrogen-bond donors (Lipinski definition) is 2. The van der Waals surface area contributed by atoms with Crippen molar-refractivity contribution in [2.75, 3.05) is 26.7 Å². The normalized spacial score (nSPS) is 20.0. The molecule has 0 aromatic rings. The van der Waals surface area contributed by atoms with Crippen LogP contribution in [0.25, 0.3) is 0 Å². The zero-order valence-corrected chi connectivity index (χ0v) is 11.9. The molecule has 0 aromatic heterocycles. The lowest BCUT2D eigenvalue weighted by atomic mass is 9.94. The fourth-order valence-electron chi connectivity index (χ4n) is 2.10. The Labute approximate surface area is 105 Å². The van der Waals surface area contributed by atoms with Gasteiger partial charge in [0.15, 0.2) is 0 Å². The molecule has 1 saturated heterocycles. The topological polar surface area (TPSA) is 61.4 Å².